The van der Waals surface area contributed by atoms with Crippen LogP contribution in [-0.4, -0.2) is 54.3 Å². The van der Waals surface area contributed by atoms with Gasteiger partial charge in [-0.05, 0) is 86.4 Å². The number of carbonyl (C=O) groups excluding carboxylic acids is 1. The van der Waals surface area contributed by atoms with Crippen LogP contribution < -0.4 is 10.1 Å². The van der Waals surface area contributed by atoms with Crippen LogP contribution in [0.4, 0.5) is 0 Å². The maximum Gasteiger partial charge on any atom is 0.224 e. The molecule has 1 amide bonds. The first-order valence-electron chi connectivity index (χ1n) is 12.6. The molecule has 3 fully saturated rings. The third-order valence-corrected chi connectivity index (χ3v) is 9.02. The van der Waals surface area contributed by atoms with E-state index in [0.29, 0.717) is 29.4 Å². The van der Waals surface area contributed by atoms with Crippen LogP contribution in [0, 0.1) is 5.92 Å². The zero-order valence-corrected chi connectivity index (χ0v) is 21.7. The molecule has 1 saturated heterocycles. The number of nitrogens with zero attached hydrogens (tertiary/aromatic N) is 1. The fourth-order valence-electron chi connectivity index (χ4n) is 6.24. The molecule has 188 valence electrons. The minimum atomic E-state index is -0.836. The van der Waals surface area contributed by atoms with Crippen molar-refractivity contribution in [1.29, 1.82) is 0 Å². The van der Waals surface area contributed by atoms with E-state index in [9.17, 15) is 9.90 Å². The highest BCUT2D eigenvalue weighted by Crippen LogP contribution is 2.52. The van der Waals surface area contributed by atoms with Gasteiger partial charge in [0, 0.05) is 24.5 Å². The van der Waals surface area contributed by atoms with Crippen molar-refractivity contribution < 1.29 is 14.6 Å². The second-order valence-electron chi connectivity index (χ2n) is 10.7. The maximum absolute atomic E-state index is 13.0. The van der Waals surface area contributed by atoms with Gasteiger partial charge in [-0.1, -0.05) is 41.4 Å². The van der Waals surface area contributed by atoms with Gasteiger partial charge < -0.3 is 20.1 Å². The Bertz CT molecular complexity index is 1090. The number of piperidine rings is 1. The molecule has 2 aliphatic carbocycles. The minimum Gasteiger partial charge on any atom is -0.497 e. The summed E-state index contributed by atoms with van der Waals surface area (Å²) < 4.78 is 5.53. The van der Waals surface area contributed by atoms with Gasteiger partial charge in [0.2, 0.25) is 5.91 Å². The Hall–Kier alpha value is -1.79. The number of aliphatic hydroxyl groups is 1. The number of benzene rings is 2. The summed E-state index contributed by atoms with van der Waals surface area (Å²) >= 11 is 12.2. The zero-order valence-electron chi connectivity index (χ0n) is 20.2. The first kappa shape index (κ1) is 24.9. The summed E-state index contributed by atoms with van der Waals surface area (Å²) in [5, 5.41) is 16.4. The SMILES string of the molecule is COc1cccc([C@@]23CCN(CC4CC4)C[C@@]2(O)CC[C@@H](NC(=O)Cc2ccc(Cl)c(Cl)c2)C3)c1. The van der Waals surface area contributed by atoms with Crippen molar-refractivity contribution in [2.75, 3.05) is 26.7 Å². The monoisotopic (exact) mass is 516 g/mol. The van der Waals surface area contributed by atoms with E-state index in [1.807, 2.05) is 18.2 Å². The molecule has 0 aromatic heterocycles. The van der Waals surface area contributed by atoms with Crippen molar-refractivity contribution in [3.63, 3.8) is 0 Å². The Morgan fingerprint density at radius 2 is 1.97 bits per heavy atom. The molecule has 0 unspecified atom stereocenters. The van der Waals surface area contributed by atoms with E-state index in [-0.39, 0.29) is 18.4 Å². The predicted octanol–water partition coefficient (Wildman–Crippen LogP) is 5.00. The number of halogens is 2. The lowest BCUT2D eigenvalue weighted by atomic mass is 9.55. The lowest BCUT2D eigenvalue weighted by Gasteiger charge is -2.58. The predicted molar refractivity (Wildman–Crippen MR) is 139 cm³/mol. The van der Waals surface area contributed by atoms with Crippen LogP contribution in [0.5, 0.6) is 5.75 Å². The molecule has 5 rings (SSSR count). The molecule has 7 heteroatoms. The van der Waals surface area contributed by atoms with Crippen molar-refractivity contribution >= 4 is 29.1 Å². The number of ether oxygens (including phenoxy) is 1. The van der Waals surface area contributed by atoms with Crippen molar-refractivity contribution in [2.45, 2.75) is 62.0 Å². The van der Waals surface area contributed by atoms with Gasteiger partial charge in [0.1, 0.15) is 5.75 Å². The van der Waals surface area contributed by atoms with Gasteiger partial charge in [-0.2, -0.15) is 0 Å². The molecule has 3 aliphatic rings. The van der Waals surface area contributed by atoms with Crippen LogP contribution in [0.2, 0.25) is 10.0 Å². The summed E-state index contributed by atoms with van der Waals surface area (Å²) in [6, 6.07) is 13.4. The normalized spacial score (nSPS) is 28.9. The third kappa shape index (κ3) is 5.20. The van der Waals surface area contributed by atoms with Gasteiger partial charge in [0.05, 0.1) is 29.2 Å². The van der Waals surface area contributed by atoms with Gasteiger partial charge in [-0.25, -0.2) is 0 Å². The Morgan fingerprint density at radius 3 is 2.71 bits per heavy atom. The summed E-state index contributed by atoms with van der Waals surface area (Å²) in [7, 11) is 1.67. The van der Waals surface area contributed by atoms with Crippen molar-refractivity contribution in [1.82, 2.24) is 10.2 Å². The Kier molecular flexibility index (Phi) is 7.06. The molecule has 5 nitrogen and oxygen atoms in total. The molecular formula is C28H34Cl2N2O3. The largest absolute Gasteiger partial charge is 0.497 e. The number of methoxy groups -OCH3 is 1. The average molecular weight is 517 g/mol. The van der Waals surface area contributed by atoms with E-state index in [1.54, 1.807) is 19.2 Å². The molecule has 2 aromatic rings. The molecule has 0 radical (unpaired) electrons. The maximum atomic E-state index is 13.0. The van der Waals surface area contributed by atoms with Crippen LogP contribution in [0.25, 0.3) is 0 Å². The van der Waals surface area contributed by atoms with E-state index >= 15 is 0 Å². The molecule has 3 atom stereocenters. The summed E-state index contributed by atoms with van der Waals surface area (Å²) in [6.07, 6.45) is 5.85. The summed E-state index contributed by atoms with van der Waals surface area (Å²) in [5.74, 6) is 1.55. The van der Waals surface area contributed by atoms with Gasteiger partial charge in [-0.15, -0.1) is 0 Å². The van der Waals surface area contributed by atoms with Gasteiger partial charge in [0.15, 0.2) is 0 Å². The minimum absolute atomic E-state index is 0.00766. The topological polar surface area (TPSA) is 61.8 Å². The standard InChI is InChI=1S/C28H34Cl2N2O3/c1-35-23-4-2-3-21(15-23)27-11-12-32(17-19-5-6-19)18-28(27,34)10-9-22(16-27)31-26(33)14-20-7-8-24(29)25(30)13-20/h2-4,7-8,13,15,19,22,34H,5-6,9-12,14,16-18H2,1H3,(H,31,33)/t22-,27+,28+/m1/s1. The van der Waals surface area contributed by atoms with Gasteiger partial charge in [-0.3, -0.25) is 4.79 Å². The Morgan fingerprint density at radius 1 is 1.14 bits per heavy atom. The summed E-state index contributed by atoms with van der Waals surface area (Å²) in [4.78, 5) is 15.4. The number of hydrogen-bond donors (Lipinski definition) is 2. The molecule has 35 heavy (non-hydrogen) atoms. The fourth-order valence-corrected chi connectivity index (χ4v) is 6.56. The molecule has 0 spiro atoms. The molecule has 2 N–H and O–H groups in total. The first-order chi connectivity index (χ1) is 16.8. The molecule has 2 aromatic carbocycles. The zero-order chi connectivity index (χ0) is 24.6. The van der Waals surface area contributed by atoms with Crippen LogP contribution >= 0.6 is 23.2 Å². The van der Waals surface area contributed by atoms with Gasteiger partial charge >= 0.3 is 0 Å². The highest BCUT2D eigenvalue weighted by molar-refractivity contribution is 6.42. The molecule has 1 aliphatic heterocycles. The van der Waals surface area contributed by atoms with Crippen LogP contribution in [0.3, 0.4) is 0 Å². The van der Waals surface area contributed by atoms with Crippen LogP contribution in [-0.2, 0) is 16.6 Å². The van der Waals surface area contributed by atoms with Crippen molar-refractivity contribution in [3.05, 3.63) is 63.6 Å². The van der Waals surface area contributed by atoms with Crippen LogP contribution in [0.15, 0.2) is 42.5 Å². The van der Waals surface area contributed by atoms with Gasteiger partial charge in [0.25, 0.3) is 0 Å². The quantitative estimate of drug-likeness (QED) is 0.543. The lowest BCUT2D eigenvalue weighted by molar-refractivity contribution is -0.133. The highest BCUT2D eigenvalue weighted by Gasteiger charge is 2.57. The number of β-amino-alcohol motifs (C(OH)–C–C–N with tert-alkyl or cyclic N) is 1. The average Bonchev–Trinajstić information content (AvgIpc) is 3.65. The molecule has 2 saturated carbocycles. The van der Waals surface area contributed by atoms with Crippen LogP contribution in [0.1, 0.15) is 49.7 Å². The Labute approximate surface area is 217 Å². The molecule has 0 bridgehead atoms. The van der Waals surface area contributed by atoms with E-state index in [2.05, 4.69) is 22.3 Å². The van der Waals surface area contributed by atoms with Crippen molar-refractivity contribution in [3.8, 4) is 5.75 Å². The number of rotatable bonds is 7. The van der Waals surface area contributed by atoms with E-state index in [1.165, 1.54) is 12.8 Å². The molecular weight excluding hydrogens is 483 g/mol. The summed E-state index contributed by atoms with van der Waals surface area (Å²) in [6.45, 7) is 2.73. The first-order valence-corrected chi connectivity index (χ1v) is 13.4. The summed E-state index contributed by atoms with van der Waals surface area (Å²) in [5.41, 5.74) is 0.674. The number of hydrogen-bond acceptors (Lipinski definition) is 4. The second kappa shape index (κ2) is 9.93. The Balaban J connectivity index is 1.36. The molecule has 1 heterocycles. The number of likely N-dealkylation sites (tertiary alicyclic amines) is 1. The van der Waals surface area contributed by atoms with E-state index in [0.717, 1.165) is 48.7 Å². The number of fused-ring (bicyclic) bond motifs is 1. The number of nitrogens with one attached hydrogen (secondary N) is 1. The van der Waals surface area contributed by atoms with Crippen molar-refractivity contribution in [2.24, 2.45) is 5.92 Å². The smallest absolute Gasteiger partial charge is 0.224 e. The highest BCUT2D eigenvalue weighted by atomic mass is 35.5. The number of carbonyl (C=O) groups is 1. The fraction of sp³-hybridized carbons (Fsp3) is 0.536. The number of amides is 1. The lowest BCUT2D eigenvalue weighted by Crippen LogP contribution is -2.67. The van der Waals surface area contributed by atoms with E-state index in [4.69, 9.17) is 27.9 Å². The van der Waals surface area contributed by atoms with E-state index < -0.39 is 11.0 Å². The second-order valence-corrected chi connectivity index (χ2v) is 11.5. The third-order valence-electron chi connectivity index (χ3n) is 8.28.